The van der Waals surface area contributed by atoms with Gasteiger partial charge in [-0.05, 0) is 38.5 Å². The molecule has 1 fully saturated rings. The van der Waals surface area contributed by atoms with Gasteiger partial charge in [0.05, 0.1) is 43.5 Å². The number of carbonyl (C=O) groups excluding carboxylic acids is 5. The summed E-state index contributed by atoms with van der Waals surface area (Å²) in [6, 6.07) is 4.39. The smallest absolute Gasteiger partial charge is 0.338 e. The Bertz CT molecular complexity index is 2120. The number of allylic oxidation sites excluding steroid dienone is 1. The van der Waals surface area contributed by atoms with Crippen molar-refractivity contribution < 1.29 is 67.0 Å². The number of carbonyl (C=O) groups is 5. The maximum atomic E-state index is 14.5. The molecule has 6 atom stereocenters. The van der Waals surface area contributed by atoms with Crippen LogP contribution in [0.4, 0.5) is 0 Å². The molecule has 2 aliphatic rings. The van der Waals surface area contributed by atoms with Crippen molar-refractivity contribution in [1.29, 1.82) is 0 Å². The van der Waals surface area contributed by atoms with Gasteiger partial charge in [0.2, 0.25) is 5.88 Å². The Hall–Kier alpha value is -6.31. The minimum atomic E-state index is -1.46. The van der Waals surface area contributed by atoms with Gasteiger partial charge in [-0.2, -0.15) is 4.98 Å². The van der Waals surface area contributed by atoms with Gasteiger partial charge in [0.1, 0.15) is 30.0 Å². The fourth-order valence-electron chi connectivity index (χ4n) is 6.48. The number of rotatable bonds is 12. The average molecular weight is 784 g/mol. The van der Waals surface area contributed by atoms with Gasteiger partial charge >= 0.3 is 29.8 Å². The number of hydrogen-bond donors (Lipinski definition) is 1. The molecule has 2 aliphatic heterocycles. The molecule has 20 heteroatoms. The lowest BCUT2D eigenvalue weighted by Gasteiger charge is -2.44. The third-order valence-corrected chi connectivity index (χ3v) is 8.70. The van der Waals surface area contributed by atoms with E-state index >= 15 is 0 Å². The van der Waals surface area contributed by atoms with Gasteiger partial charge in [-0.1, -0.05) is 11.3 Å². The zero-order valence-corrected chi connectivity index (χ0v) is 31.8. The van der Waals surface area contributed by atoms with Crippen LogP contribution in [-0.4, -0.2) is 104 Å². The second kappa shape index (κ2) is 17.0. The Kier molecular flexibility index (Phi) is 12.4. The van der Waals surface area contributed by atoms with Gasteiger partial charge in [0, 0.05) is 27.7 Å². The molecule has 20 nitrogen and oxygen atoms in total. The van der Waals surface area contributed by atoms with E-state index in [1.54, 1.807) is 20.8 Å². The number of aryl methyl sites for hydroxylation is 1. The first-order chi connectivity index (χ1) is 26.5. The van der Waals surface area contributed by atoms with E-state index in [0.29, 0.717) is 5.56 Å². The first kappa shape index (κ1) is 40.9. The fraction of sp³-hybridized carbons (Fsp3) is 0.472. The van der Waals surface area contributed by atoms with Crippen molar-refractivity contribution in [2.45, 2.75) is 91.6 Å². The van der Waals surface area contributed by atoms with Crippen LogP contribution in [0.5, 0.6) is 17.4 Å². The Morgan fingerprint density at radius 1 is 0.911 bits per heavy atom. The molecule has 0 bridgehead atoms. The monoisotopic (exact) mass is 783 g/mol. The molecular formula is C36H41N5O15. The van der Waals surface area contributed by atoms with Crippen molar-refractivity contribution in [2.24, 2.45) is 0 Å². The molecule has 56 heavy (non-hydrogen) atoms. The molecule has 0 saturated carbocycles. The predicted octanol–water partition coefficient (Wildman–Crippen LogP) is 1.52. The number of fused-ring (bicyclic) bond motifs is 1. The summed E-state index contributed by atoms with van der Waals surface area (Å²) in [4.78, 5) is 80.9. The zero-order valence-electron chi connectivity index (χ0n) is 31.8. The van der Waals surface area contributed by atoms with Gasteiger partial charge < -0.3 is 43.0 Å². The Balaban J connectivity index is 1.58. The van der Waals surface area contributed by atoms with E-state index in [1.165, 1.54) is 36.1 Å². The topological polar surface area (TPSA) is 245 Å². The lowest BCUT2D eigenvalue weighted by Crippen LogP contribution is -2.60. The maximum absolute atomic E-state index is 14.5. The largest absolute Gasteiger partial charge is 0.504 e. The number of phenols is 1. The SMILES string of the molecule is CCOC(=O)C1=C(C)Oc2nc(C)n(Cc3cn([C@@H]4O[C@H](COC(C)=O)[C@@H](OC(C)=O)[C@H](OC(C)=O)[C@H]4OC(C)=O)nn3)c(=O)c2C1c1ccc(O)c(OC)c1. The van der Waals surface area contributed by atoms with Gasteiger partial charge in [-0.25, -0.2) is 9.48 Å². The van der Waals surface area contributed by atoms with E-state index in [9.17, 15) is 33.9 Å². The minimum Gasteiger partial charge on any atom is -0.504 e. The molecule has 1 saturated heterocycles. The van der Waals surface area contributed by atoms with Crippen LogP contribution >= 0.6 is 0 Å². The highest BCUT2D eigenvalue weighted by Crippen LogP contribution is 2.43. The molecule has 0 spiro atoms. The molecular weight excluding hydrogens is 742 g/mol. The molecule has 0 amide bonds. The van der Waals surface area contributed by atoms with Crippen LogP contribution in [0.25, 0.3) is 0 Å². The molecule has 1 aromatic carbocycles. The van der Waals surface area contributed by atoms with E-state index in [1.807, 2.05) is 0 Å². The molecule has 0 aliphatic carbocycles. The van der Waals surface area contributed by atoms with Crippen molar-refractivity contribution in [1.82, 2.24) is 24.5 Å². The van der Waals surface area contributed by atoms with E-state index in [-0.39, 0.29) is 58.9 Å². The number of methoxy groups -OCH3 is 1. The van der Waals surface area contributed by atoms with Crippen LogP contribution in [0.3, 0.4) is 0 Å². The zero-order chi connectivity index (χ0) is 41.0. The van der Waals surface area contributed by atoms with Crippen molar-refractivity contribution in [3.8, 4) is 17.4 Å². The summed E-state index contributed by atoms with van der Waals surface area (Å²) >= 11 is 0. The summed E-state index contributed by atoms with van der Waals surface area (Å²) in [6.45, 7) is 8.56. The van der Waals surface area contributed by atoms with Gasteiger partial charge in [-0.3, -0.25) is 28.5 Å². The first-order valence-electron chi connectivity index (χ1n) is 17.3. The molecule has 3 aromatic rings. The molecule has 1 N–H and O–H groups in total. The fourth-order valence-corrected chi connectivity index (χ4v) is 6.48. The highest BCUT2D eigenvalue weighted by Gasteiger charge is 2.53. The second-order valence-corrected chi connectivity index (χ2v) is 12.7. The van der Waals surface area contributed by atoms with Crippen LogP contribution in [0.15, 0.2) is 40.5 Å². The van der Waals surface area contributed by atoms with Gasteiger partial charge in [0.15, 0.2) is 36.0 Å². The van der Waals surface area contributed by atoms with Crippen LogP contribution < -0.4 is 15.0 Å². The Morgan fingerprint density at radius 2 is 1.57 bits per heavy atom. The number of ether oxygens (including phenoxy) is 8. The standard InChI is InChI=1S/C36H41N5O15/c1-9-50-36(48)27-16(2)52-33-29(28(27)22-10-11-24(46)25(12-22)49-8)34(47)40(17(3)37-33)13-23-14-41(39-38-23)35-32(55-21(7)45)31(54-20(6)44)30(53-19(5)43)26(56-35)15-51-18(4)42/h10-12,14,26,28,30-32,35,46H,9,13,15H2,1-8H3/t26-,28?,30-,31+,32-,35-/m1/s1. The van der Waals surface area contributed by atoms with Crippen LogP contribution in [0, 0.1) is 6.92 Å². The second-order valence-electron chi connectivity index (χ2n) is 12.7. The molecule has 2 aromatic heterocycles. The third-order valence-electron chi connectivity index (χ3n) is 8.70. The third kappa shape index (κ3) is 8.64. The highest BCUT2D eigenvalue weighted by atomic mass is 16.7. The maximum Gasteiger partial charge on any atom is 0.338 e. The van der Waals surface area contributed by atoms with Crippen molar-refractivity contribution >= 4 is 29.8 Å². The van der Waals surface area contributed by atoms with E-state index < -0.39 is 78.6 Å². The normalized spacial score (nSPS) is 21.6. The summed E-state index contributed by atoms with van der Waals surface area (Å²) in [5.41, 5.74) is -0.0158. The van der Waals surface area contributed by atoms with Crippen molar-refractivity contribution in [3.05, 3.63) is 68.7 Å². The molecule has 4 heterocycles. The summed E-state index contributed by atoms with van der Waals surface area (Å²) in [5.74, 6) is -4.65. The molecule has 0 radical (unpaired) electrons. The highest BCUT2D eigenvalue weighted by molar-refractivity contribution is 5.92. The van der Waals surface area contributed by atoms with Crippen LogP contribution in [-0.2, 0) is 58.9 Å². The number of hydrogen-bond acceptors (Lipinski definition) is 18. The first-order valence-corrected chi connectivity index (χ1v) is 17.3. The van der Waals surface area contributed by atoms with Crippen molar-refractivity contribution in [2.75, 3.05) is 20.3 Å². The predicted molar refractivity (Wildman–Crippen MR) is 186 cm³/mol. The van der Waals surface area contributed by atoms with E-state index in [2.05, 4.69) is 15.3 Å². The van der Waals surface area contributed by atoms with E-state index in [4.69, 9.17) is 37.9 Å². The quantitative estimate of drug-likeness (QED) is 0.202. The molecule has 300 valence electrons. The van der Waals surface area contributed by atoms with Crippen LogP contribution in [0.2, 0.25) is 0 Å². The summed E-state index contributed by atoms with van der Waals surface area (Å²) in [6.07, 6.45) is -5.56. The average Bonchev–Trinajstić information content (AvgIpc) is 3.58. The van der Waals surface area contributed by atoms with Crippen LogP contribution in [0.1, 0.15) is 76.3 Å². The van der Waals surface area contributed by atoms with Gasteiger partial charge in [0.25, 0.3) is 5.56 Å². The lowest BCUT2D eigenvalue weighted by molar-refractivity contribution is -0.270. The van der Waals surface area contributed by atoms with Crippen molar-refractivity contribution in [3.63, 3.8) is 0 Å². The molecule has 5 rings (SSSR count). The lowest BCUT2D eigenvalue weighted by atomic mass is 9.83. The molecule has 1 unspecified atom stereocenters. The summed E-state index contributed by atoms with van der Waals surface area (Å²) < 4.78 is 46.8. The number of benzene rings is 1. The Labute approximate surface area is 319 Å². The number of aromatic hydroxyl groups is 1. The summed E-state index contributed by atoms with van der Waals surface area (Å²) in [7, 11) is 1.36. The number of phenolic OH excluding ortho intramolecular Hbond substituents is 1. The van der Waals surface area contributed by atoms with Gasteiger partial charge in [-0.15, -0.1) is 5.10 Å². The van der Waals surface area contributed by atoms with E-state index in [0.717, 1.165) is 32.4 Å². The minimum absolute atomic E-state index is 0.0102. The summed E-state index contributed by atoms with van der Waals surface area (Å²) in [5, 5.41) is 18.7. The number of nitrogens with zero attached hydrogens (tertiary/aromatic N) is 5. The number of esters is 5. The number of aromatic nitrogens is 5. The Morgan fingerprint density at radius 3 is 2.20 bits per heavy atom.